The summed E-state index contributed by atoms with van der Waals surface area (Å²) >= 11 is 0. The fraction of sp³-hybridized carbons (Fsp3) is 0.571. The van der Waals surface area contributed by atoms with Crippen LogP contribution in [0.3, 0.4) is 0 Å². The van der Waals surface area contributed by atoms with E-state index in [4.69, 9.17) is 5.11 Å². The van der Waals surface area contributed by atoms with Crippen LogP contribution in [0.1, 0.15) is 51.3 Å². The van der Waals surface area contributed by atoms with E-state index in [-0.39, 0.29) is 12.0 Å². The molecule has 0 saturated heterocycles. The first-order chi connectivity index (χ1) is 6.95. The van der Waals surface area contributed by atoms with Crippen LogP contribution in [-0.2, 0) is 12.0 Å². The van der Waals surface area contributed by atoms with Crippen molar-refractivity contribution in [1.82, 2.24) is 0 Å². The molecule has 0 heterocycles. The Morgan fingerprint density at radius 1 is 1.13 bits per heavy atom. The Balaban J connectivity index is 0.000000921. The van der Waals surface area contributed by atoms with Crippen LogP contribution >= 0.6 is 0 Å². The number of benzene rings is 1. The minimum Gasteiger partial charge on any atom is -0.392 e. The summed E-state index contributed by atoms with van der Waals surface area (Å²) in [6, 6.07) is 6.14. The van der Waals surface area contributed by atoms with Crippen LogP contribution in [0.2, 0.25) is 0 Å². The summed E-state index contributed by atoms with van der Waals surface area (Å²) in [6.45, 7) is 12.8. The molecule has 0 radical (unpaired) electrons. The lowest BCUT2D eigenvalue weighted by Crippen LogP contribution is -2.13. The second-order valence-corrected chi connectivity index (χ2v) is 4.56. The van der Waals surface area contributed by atoms with Crippen molar-refractivity contribution in [2.45, 2.75) is 53.6 Å². The van der Waals surface area contributed by atoms with Crippen LogP contribution in [-0.4, -0.2) is 5.11 Å². The zero-order valence-electron chi connectivity index (χ0n) is 10.9. The third-order valence-corrected chi connectivity index (χ3v) is 2.29. The van der Waals surface area contributed by atoms with Gasteiger partial charge in [-0.25, -0.2) is 0 Å². The third-order valence-electron chi connectivity index (χ3n) is 2.29. The SMILES string of the molecule is CC.Cc1ccc(CO)cc1C(C)(C)C. The first-order valence-corrected chi connectivity index (χ1v) is 5.66. The Bertz CT molecular complexity index is 295. The summed E-state index contributed by atoms with van der Waals surface area (Å²) in [5.41, 5.74) is 3.77. The second kappa shape index (κ2) is 5.92. The first-order valence-electron chi connectivity index (χ1n) is 5.66. The van der Waals surface area contributed by atoms with Crippen LogP contribution in [0.4, 0.5) is 0 Å². The quantitative estimate of drug-likeness (QED) is 0.744. The van der Waals surface area contributed by atoms with E-state index in [1.807, 2.05) is 19.9 Å². The Kier molecular flexibility index (Phi) is 5.59. The molecule has 0 aromatic heterocycles. The molecule has 0 amide bonds. The lowest BCUT2D eigenvalue weighted by molar-refractivity contribution is 0.281. The van der Waals surface area contributed by atoms with E-state index in [0.717, 1.165) is 5.56 Å². The normalized spacial score (nSPS) is 10.6. The predicted octanol–water partition coefficient (Wildman–Crippen LogP) is 3.81. The van der Waals surface area contributed by atoms with Crippen molar-refractivity contribution in [2.75, 3.05) is 0 Å². The highest BCUT2D eigenvalue weighted by atomic mass is 16.3. The van der Waals surface area contributed by atoms with Gasteiger partial charge in [-0.2, -0.15) is 0 Å². The monoisotopic (exact) mass is 208 g/mol. The van der Waals surface area contributed by atoms with E-state index in [9.17, 15) is 0 Å². The van der Waals surface area contributed by atoms with E-state index < -0.39 is 0 Å². The number of rotatable bonds is 1. The van der Waals surface area contributed by atoms with Gasteiger partial charge in [0.15, 0.2) is 0 Å². The van der Waals surface area contributed by atoms with E-state index in [1.54, 1.807) is 0 Å². The zero-order chi connectivity index (χ0) is 12.1. The highest BCUT2D eigenvalue weighted by Gasteiger charge is 2.16. The Morgan fingerprint density at radius 2 is 1.67 bits per heavy atom. The van der Waals surface area contributed by atoms with Crippen molar-refractivity contribution in [3.8, 4) is 0 Å². The van der Waals surface area contributed by atoms with E-state index in [1.165, 1.54) is 11.1 Å². The van der Waals surface area contributed by atoms with Crippen LogP contribution < -0.4 is 0 Å². The van der Waals surface area contributed by atoms with Crippen molar-refractivity contribution in [3.63, 3.8) is 0 Å². The molecule has 0 spiro atoms. The maximum absolute atomic E-state index is 9.02. The van der Waals surface area contributed by atoms with Crippen molar-refractivity contribution < 1.29 is 5.11 Å². The Labute approximate surface area is 94.2 Å². The van der Waals surface area contributed by atoms with Gasteiger partial charge < -0.3 is 5.11 Å². The van der Waals surface area contributed by atoms with Crippen LogP contribution in [0.25, 0.3) is 0 Å². The maximum atomic E-state index is 9.02. The molecular weight excluding hydrogens is 184 g/mol. The average Bonchev–Trinajstić information content (AvgIpc) is 2.20. The predicted molar refractivity (Wildman–Crippen MR) is 67.1 cm³/mol. The second-order valence-electron chi connectivity index (χ2n) is 4.56. The number of aliphatic hydroxyl groups is 1. The average molecular weight is 208 g/mol. The Hall–Kier alpha value is -0.820. The van der Waals surface area contributed by atoms with Crippen LogP contribution in [0, 0.1) is 6.92 Å². The van der Waals surface area contributed by atoms with E-state index in [0.29, 0.717) is 0 Å². The molecular formula is C14H24O. The van der Waals surface area contributed by atoms with Gasteiger partial charge in [0.25, 0.3) is 0 Å². The summed E-state index contributed by atoms with van der Waals surface area (Å²) in [5, 5.41) is 9.02. The number of aryl methyl sites for hydroxylation is 1. The molecule has 0 atom stereocenters. The van der Waals surface area contributed by atoms with Gasteiger partial charge in [-0.05, 0) is 29.0 Å². The summed E-state index contributed by atoms with van der Waals surface area (Å²) in [4.78, 5) is 0. The molecule has 0 bridgehead atoms. The summed E-state index contributed by atoms with van der Waals surface area (Å²) in [7, 11) is 0. The van der Waals surface area contributed by atoms with Crippen molar-refractivity contribution >= 4 is 0 Å². The molecule has 1 heteroatoms. The standard InChI is InChI=1S/C12H18O.C2H6/c1-9-5-6-10(8-13)7-11(9)12(2,3)4;1-2/h5-7,13H,8H2,1-4H3;1-2H3. The molecule has 1 N–H and O–H groups in total. The molecule has 0 aliphatic heterocycles. The van der Waals surface area contributed by atoms with Gasteiger partial charge in [0.05, 0.1) is 6.61 Å². The third kappa shape index (κ3) is 4.05. The fourth-order valence-electron chi connectivity index (χ4n) is 1.58. The molecule has 15 heavy (non-hydrogen) atoms. The van der Waals surface area contributed by atoms with Gasteiger partial charge in [0, 0.05) is 0 Å². The highest BCUT2D eigenvalue weighted by Crippen LogP contribution is 2.26. The number of hydrogen-bond acceptors (Lipinski definition) is 1. The van der Waals surface area contributed by atoms with Gasteiger partial charge in [-0.3, -0.25) is 0 Å². The van der Waals surface area contributed by atoms with Crippen molar-refractivity contribution in [2.24, 2.45) is 0 Å². The van der Waals surface area contributed by atoms with Gasteiger partial charge in [-0.1, -0.05) is 52.8 Å². The van der Waals surface area contributed by atoms with Crippen LogP contribution in [0.5, 0.6) is 0 Å². The lowest BCUT2D eigenvalue weighted by atomic mass is 9.83. The lowest BCUT2D eigenvalue weighted by Gasteiger charge is -2.22. The molecule has 1 nitrogen and oxygen atoms in total. The fourth-order valence-corrected chi connectivity index (χ4v) is 1.58. The number of hydrogen-bond donors (Lipinski definition) is 1. The maximum Gasteiger partial charge on any atom is 0.0681 e. The summed E-state index contributed by atoms with van der Waals surface area (Å²) < 4.78 is 0. The van der Waals surface area contributed by atoms with Crippen molar-refractivity contribution in [3.05, 3.63) is 34.9 Å². The van der Waals surface area contributed by atoms with Gasteiger partial charge in [0.1, 0.15) is 0 Å². The largest absolute Gasteiger partial charge is 0.392 e. The minimum atomic E-state index is 0.128. The zero-order valence-corrected chi connectivity index (χ0v) is 10.9. The first kappa shape index (κ1) is 14.2. The molecule has 1 rings (SSSR count). The Morgan fingerprint density at radius 3 is 2.07 bits per heavy atom. The molecule has 1 aromatic carbocycles. The molecule has 0 unspecified atom stereocenters. The molecule has 0 aliphatic carbocycles. The topological polar surface area (TPSA) is 20.2 Å². The molecule has 0 aliphatic rings. The minimum absolute atomic E-state index is 0.128. The van der Waals surface area contributed by atoms with Crippen molar-refractivity contribution in [1.29, 1.82) is 0 Å². The van der Waals surface area contributed by atoms with Gasteiger partial charge >= 0.3 is 0 Å². The van der Waals surface area contributed by atoms with Crippen LogP contribution in [0.15, 0.2) is 18.2 Å². The van der Waals surface area contributed by atoms with Gasteiger partial charge in [-0.15, -0.1) is 0 Å². The summed E-state index contributed by atoms with van der Waals surface area (Å²) in [6.07, 6.45) is 0. The molecule has 0 fully saturated rings. The molecule has 1 aromatic rings. The van der Waals surface area contributed by atoms with Gasteiger partial charge in [0.2, 0.25) is 0 Å². The molecule has 86 valence electrons. The smallest absolute Gasteiger partial charge is 0.0681 e. The molecule has 0 saturated carbocycles. The summed E-state index contributed by atoms with van der Waals surface area (Å²) in [5.74, 6) is 0. The van der Waals surface area contributed by atoms with E-state index in [2.05, 4.69) is 39.8 Å². The number of aliphatic hydroxyl groups excluding tert-OH is 1. The highest BCUT2D eigenvalue weighted by molar-refractivity contribution is 5.35. The van der Waals surface area contributed by atoms with E-state index >= 15 is 0 Å².